The number of anilines is 1. The van der Waals surface area contributed by atoms with Crippen LogP contribution in [-0.2, 0) is 11.3 Å². The maximum absolute atomic E-state index is 13.9. The van der Waals surface area contributed by atoms with Crippen LogP contribution in [0.15, 0.2) is 54.6 Å². The topological polar surface area (TPSA) is 60.9 Å². The normalized spacial score (nSPS) is 10.4. The van der Waals surface area contributed by atoms with E-state index < -0.39 is 5.95 Å². The van der Waals surface area contributed by atoms with E-state index in [1.165, 1.54) is 31.1 Å². The highest BCUT2D eigenvalue weighted by molar-refractivity contribution is 6.30. The van der Waals surface area contributed by atoms with E-state index in [2.05, 4.69) is 4.98 Å². The van der Waals surface area contributed by atoms with Crippen molar-refractivity contribution in [1.82, 2.24) is 4.98 Å². The average Bonchev–Trinajstić information content (AvgIpc) is 2.74. The summed E-state index contributed by atoms with van der Waals surface area (Å²) in [4.78, 5) is 17.8. The van der Waals surface area contributed by atoms with Crippen LogP contribution >= 0.6 is 11.6 Å². The third-order valence-electron chi connectivity index (χ3n) is 4.32. The molecule has 0 unspecified atom stereocenters. The molecule has 3 rings (SSSR count). The van der Waals surface area contributed by atoms with E-state index in [0.29, 0.717) is 33.5 Å². The van der Waals surface area contributed by atoms with Crippen LogP contribution in [0.2, 0.25) is 5.02 Å². The molecule has 0 bridgehead atoms. The maximum atomic E-state index is 13.9. The molecule has 0 saturated carbocycles. The third-order valence-corrected chi connectivity index (χ3v) is 4.57. The minimum absolute atomic E-state index is 0.0469. The fourth-order valence-corrected chi connectivity index (χ4v) is 2.97. The first-order valence-corrected chi connectivity index (χ1v) is 9.38. The largest absolute Gasteiger partial charge is 0.497 e. The van der Waals surface area contributed by atoms with E-state index >= 15 is 0 Å². The predicted octanol–water partition coefficient (Wildman–Crippen LogP) is 5.24. The summed E-state index contributed by atoms with van der Waals surface area (Å²) in [5.74, 6) is 0.538. The van der Waals surface area contributed by atoms with E-state index in [4.69, 9.17) is 25.8 Å². The maximum Gasteiger partial charge on any atom is 0.246 e. The van der Waals surface area contributed by atoms with Crippen LogP contribution in [0.5, 0.6) is 23.1 Å². The smallest absolute Gasteiger partial charge is 0.246 e. The Balaban J connectivity index is 2.00. The third kappa shape index (κ3) is 4.99. The van der Waals surface area contributed by atoms with Crippen LogP contribution in [0.4, 0.5) is 10.1 Å². The number of hydrogen-bond donors (Lipinski definition) is 0. The zero-order chi connectivity index (χ0) is 21.7. The first-order chi connectivity index (χ1) is 14.4. The number of rotatable bonds is 7. The number of nitrogens with zero attached hydrogens (tertiary/aromatic N) is 2. The lowest BCUT2D eigenvalue weighted by Crippen LogP contribution is -2.28. The van der Waals surface area contributed by atoms with Crippen LogP contribution in [-0.4, -0.2) is 25.1 Å². The molecule has 0 fully saturated rings. The molecule has 0 aliphatic rings. The average molecular weight is 431 g/mol. The lowest BCUT2D eigenvalue weighted by atomic mass is 10.1. The Bertz CT molecular complexity index is 1040. The van der Waals surface area contributed by atoms with Gasteiger partial charge in [-0.3, -0.25) is 4.79 Å². The van der Waals surface area contributed by atoms with Gasteiger partial charge in [-0.05, 0) is 54.6 Å². The van der Waals surface area contributed by atoms with E-state index in [0.717, 1.165) is 0 Å². The highest BCUT2D eigenvalue weighted by Crippen LogP contribution is 2.34. The molecule has 156 valence electrons. The number of carbonyl (C=O) groups is 1. The Morgan fingerprint density at radius 3 is 2.37 bits per heavy atom. The highest BCUT2D eigenvalue weighted by Gasteiger charge is 2.21. The standard InChI is InChI=1S/C22H20ClFN2O4/c1-14(27)26(13-15-12-18(28-2)8-10-20(15)29-3)19-9-11-21(24)25-22(19)30-17-6-4-16(23)5-7-17/h4-12H,13H2,1-3H3. The van der Waals surface area contributed by atoms with Crippen molar-refractivity contribution in [3.05, 3.63) is 71.1 Å². The number of carbonyl (C=O) groups excluding carboxylic acids is 1. The van der Waals surface area contributed by atoms with Crippen molar-refractivity contribution in [3.8, 4) is 23.1 Å². The molecule has 0 aliphatic carbocycles. The quantitative estimate of drug-likeness (QED) is 0.480. The van der Waals surface area contributed by atoms with E-state index in [9.17, 15) is 9.18 Å². The monoisotopic (exact) mass is 430 g/mol. The van der Waals surface area contributed by atoms with E-state index in [1.807, 2.05) is 0 Å². The number of benzene rings is 2. The van der Waals surface area contributed by atoms with Crippen LogP contribution in [0.3, 0.4) is 0 Å². The van der Waals surface area contributed by atoms with Gasteiger partial charge < -0.3 is 19.1 Å². The number of aromatic nitrogens is 1. The molecule has 8 heteroatoms. The van der Waals surface area contributed by atoms with Gasteiger partial charge in [-0.1, -0.05) is 11.6 Å². The van der Waals surface area contributed by atoms with Gasteiger partial charge in [0.15, 0.2) is 0 Å². The van der Waals surface area contributed by atoms with Crippen molar-refractivity contribution in [3.63, 3.8) is 0 Å². The Kier molecular flexibility index (Phi) is 6.74. The minimum Gasteiger partial charge on any atom is -0.497 e. The number of ether oxygens (including phenoxy) is 3. The Labute approximate surface area is 178 Å². The Morgan fingerprint density at radius 2 is 1.73 bits per heavy atom. The Morgan fingerprint density at radius 1 is 1.03 bits per heavy atom. The number of hydrogen-bond acceptors (Lipinski definition) is 5. The van der Waals surface area contributed by atoms with Crippen LogP contribution in [0.1, 0.15) is 12.5 Å². The summed E-state index contributed by atoms with van der Waals surface area (Å²) in [5.41, 5.74) is 1.01. The van der Waals surface area contributed by atoms with Crippen molar-refractivity contribution in [2.24, 2.45) is 0 Å². The van der Waals surface area contributed by atoms with Gasteiger partial charge in [-0.25, -0.2) is 0 Å². The summed E-state index contributed by atoms with van der Waals surface area (Å²) >= 11 is 5.90. The molecule has 1 aromatic heterocycles. The summed E-state index contributed by atoms with van der Waals surface area (Å²) in [6, 6.07) is 14.4. The molecule has 0 spiro atoms. The number of halogens is 2. The van der Waals surface area contributed by atoms with Crippen LogP contribution in [0.25, 0.3) is 0 Å². The zero-order valence-corrected chi connectivity index (χ0v) is 17.4. The summed E-state index contributed by atoms with van der Waals surface area (Å²) in [6.07, 6.45) is 0. The van der Waals surface area contributed by atoms with Crippen molar-refractivity contribution in [2.75, 3.05) is 19.1 Å². The molecule has 0 atom stereocenters. The zero-order valence-electron chi connectivity index (χ0n) is 16.7. The SMILES string of the molecule is COc1ccc(OC)c(CN(C(C)=O)c2ccc(F)nc2Oc2ccc(Cl)cc2)c1. The van der Waals surface area contributed by atoms with Crippen LogP contribution in [0, 0.1) is 5.95 Å². The number of amides is 1. The van der Waals surface area contributed by atoms with Crippen molar-refractivity contribution >= 4 is 23.2 Å². The van der Waals surface area contributed by atoms with Gasteiger partial charge in [0, 0.05) is 17.5 Å². The summed E-state index contributed by atoms with van der Waals surface area (Å²) in [6.45, 7) is 1.54. The molecule has 0 N–H and O–H groups in total. The molecule has 1 amide bonds. The first-order valence-electron chi connectivity index (χ1n) is 9.00. The van der Waals surface area contributed by atoms with Crippen molar-refractivity contribution < 1.29 is 23.4 Å². The van der Waals surface area contributed by atoms with Gasteiger partial charge in [-0.2, -0.15) is 9.37 Å². The van der Waals surface area contributed by atoms with Gasteiger partial charge in [0.25, 0.3) is 0 Å². The molecule has 30 heavy (non-hydrogen) atoms. The minimum atomic E-state index is -0.731. The molecular formula is C22H20ClFN2O4. The Hall–Kier alpha value is -3.32. The predicted molar refractivity (Wildman–Crippen MR) is 112 cm³/mol. The van der Waals surface area contributed by atoms with Gasteiger partial charge in [-0.15, -0.1) is 0 Å². The van der Waals surface area contributed by atoms with Gasteiger partial charge in [0.05, 0.1) is 20.8 Å². The molecule has 0 aliphatic heterocycles. The second-order valence-electron chi connectivity index (χ2n) is 6.30. The van der Waals surface area contributed by atoms with Crippen LogP contribution < -0.4 is 19.1 Å². The molecule has 0 saturated heterocycles. The van der Waals surface area contributed by atoms with Gasteiger partial charge >= 0.3 is 0 Å². The second kappa shape index (κ2) is 9.45. The summed E-state index contributed by atoms with van der Waals surface area (Å²) in [5, 5.41) is 0.533. The molecule has 3 aromatic rings. The van der Waals surface area contributed by atoms with Crippen molar-refractivity contribution in [2.45, 2.75) is 13.5 Å². The molecule has 2 aromatic carbocycles. The lowest BCUT2D eigenvalue weighted by molar-refractivity contribution is -0.116. The molecule has 6 nitrogen and oxygen atoms in total. The lowest BCUT2D eigenvalue weighted by Gasteiger charge is -2.24. The first kappa shape index (κ1) is 21.4. The van der Waals surface area contributed by atoms with E-state index in [1.54, 1.807) is 49.6 Å². The highest BCUT2D eigenvalue weighted by atomic mass is 35.5. The summed E-state index contributed by atoms with van der Waals surface area (Å²) in [7, 11) is 3.09. The van der Waals surface area contributed by atoms with Crippen molar-refractivity contribution in [1.29, 1.82) is 0 Å². The van der Waals surface area contributed by atoms with E-state index in [-0.39, 0.29) is 18.3 Å². The summed E-state index contributed by atoms with van der Waals surface area (Å²) < 4.78 is 30.3. The molecule has 1 heterocycles. The fraction of sp³-hybridized carbons (Fsp3) is 0.182. The molecule has 0 radical (unpaired) electrons. The van der Waals surface area contributed by atoms with Gasteiger partial charge in [0.2, 0.25) is 17.7 Å². The fourth-order valence-electron chi connectivity index (χ4n) is 2.85. The van der Waals surface area contributed by atoms with Gasteiger partial charge in [0.1, 0.15) is 22.9 Å². The molecular weight excluding hydrogens is 411 g/mol. The second-order valence-corrected chi connectivity index (χ2v) is 6.73. The number of methoxy groups -OCH3 is 2. The number of pyridine rings is 1.